The number of fused-ring (bicyclic) bond motifs is 3. The molecular weight excluding hydrogens is 430 g/mol. The lowest BCUT2D eigenvalue weighted by atomic mass is 9.98. The van der Waals surface area contributed by atoms with Gasteiger partial charge in [-0.15, -0.1) is 0 Å². The first-order valence-electron chi connectivity index (χ1n) is 11.4. The first-order chi connectivity index (χ1) is 16.5. The van der Waals surface area contributed by atoms with Gasteiger partial charge in [0.25, 0.3) is 0 Å². The molecule has 0 spiro atoms. The molecule has 1 aliphatic carbocycles. The Balaban J connectivity index is 1.40. The van der Waals surface area contributed by atoms with E-state index >= 15 is 0 Å². The highest BCUT2D eigenvalue weighted by atomic mass is 16.5. The van der Waals surface area contributed by atoms with Gasteiger partial charge in [0.2, 0.25) is 5.91 Å². The van der Waals surface area contributed by atoms with Gasteiger partial charge < -0.3 is 19.5 Å². The molecule has 1 N–H and O–H groups in total. The average molecular weight is 460 g/mol. The molecule has 3 aromatic rings. The van der Waals surface area contributed by atoms with Gasteiger partial charge >= 0.3 is 5.97 Å². The summed E-state index contributed by atoms with van der Waals surface area (Å²) in [5.74, 6) is 0.773. The molecule has 1 aliphatic rings. The van der Waals surface area contributed by atoms with E-state index in [1.807, 2.05) is 30.3 Å². The maximum absolute atomic E-state index is 12.8. The zero-order valence-electron chi connectivity index (χ0n) is 19.8. The molecule has 0 unspecified atom stereocenters. The van der Waals surface area contributed by atoms with Gasteiger partial charge in [0.05, 0.1) is 27.2 Å². The van der Waals surface area contributed by atoms with Crippen molar-refractivity contribution in [2.45, 2.75) is 26.2 Å². The van der Waals surface area contributed by atoms with Crippen LogP contribution in [0.25, 0.3) is 11.1 Å². The van der Waals surface area contributed by atoms with Crippen LogP contribution in [0.15, 0.2) is 54.6 Å². The van der Waals surface area contributed by atoms with Crippen LogP contribution < -0.4 is 14.8 Å². The summed E-state index contributed by atoms with van der Waals surface area (Å²) in [4.78, 5) is 24.8. The lowest BCUT2D eigenvalue weighted by Gasteiger charge is -2.13. The Labute approximate surface area is 199 Å². The minimum atomic E-state index is -0.410. The van der Waals surface area contributed by atoms with E-state index in [-0.39, 0.29) is 5.91 Å². The molecule has 176 valence electrons. The van der Waals surface area contributed by atoms with Crippen molar-refractivity contribution in [1.29, 1.82) is 0 Å². The van der Waals surface area contributed by atoms with E-state index in [1.165, 1.54) is 23.8 Å². The van der Waals surface area contributed by atoms with Crippen molar-refractivity contribution in [2.24, 2.45) is 0 Å². The van der Waals surface area contributed by atoms with Crippen molar-refractivity contribution in [3.63, 3.8) is 0 Å². The van der Waals surface area contributed by atoms with Gasteiger partial charge in [-0.05, 0) is 77.4 Å². The van der Waals surface area contributed by atoms with Crippen LogP contribution in [0.1, 0.15) is 39.5 Å². The number of esters is 1. The number of benzene rings is 3. The van der Waals surface area contributed by atoms with E-state index in [9.17, 15) is 9.59 Å². The zero-order chi connectivity index (χ0) is 24.1. The Morgan fingerprint density at radius 1 is 0.971 bits per heavy atom. The van der Waals surface area contributed by atoms with Crippen LogP contribution in [-0.2, 0) is 28.8 Å². The molecule has 0 radical (unpaired) electrons. The summed E-state index contributed by atoms with van der Waals surface area (Å²) >= 11 is 0. The normalized spacial score (nSPS) is 11.4. The molecule has 0 saturated carbocycles. The highest BCUT2D eigenvalue weighted by Gasteiger charge is 2.23. The number of methoxy groups -OCH3 is 2. The lowest BCUT2D eigenvalue weighted by Crippen LogP contribution is -2.27. The van der Waals surface area contributed by atoms with Crippen molar-refractivity contribution < 1.29 is 23.8 Å². The fraction of sp³-hybridized carbons (Fsp3) is 0.286. The monoisotopic (exact) mass is 459 g/mol. The Morgan fingerprint density at radius 3 is 2.56 bits per heavy atom. The third-order valence-electron chi connectivity index (χ3n) is 6.07. The van der Waals surface area contributed by atoms with Crippen molar-refractivity contribution in [3.8, 4) is 22.6 Å². The summed E-state index contributed by atoms with van der Waals surface area (Å²) in [5.41, 5.74) is 7.16. The number of hydrogen-bond donors (Lipinski definition) is 1. The summed E-state index contributed by atoms with van der Waals surface area (Å²) in [6, 6.07) is 17.7. The van der Waals surface area contributed by atoms with E-state index < -0.39 is 5.97 Å². The second-order valence-corrected chi connectivity index (χ2v) is 8.18. The number of amides is 1. The summed E-state index contributed by atoms with van der Waals surface area (Å²) in [7, 11) is 3.17. The largest absolute Gasteiger partial charge is 0.497 e. The maximum atomic E-state index is 12.8. The Morgan fingerprint density at radius 2 is 1.79 bits per heavy atom. The van der Waals surface area contributed by atoms with E-state index in [1.54, 1.807) is 20.1 Å². The first-order valence-corrected chi connectivity index (χ1v) is 11.4. The predicted molar refractivity (Wildman–Crippen MR) is 131 cm³/mol. The molecule has 0 aliphatic heterocycles. The number of carbonyl (C=O) groups excluding carboxylic acids is 2. The topological polar surface area (TPSA) is 73.9 Å². The maximum Gasteiger partial charge on any atom is 0.341 e. The number of hydrogen-bond acceptors (Lipinski definition) is 5. The third-order valence-corrected chi connectivity index (χ3v) is 6.07. The molecule has 6 heteroatoms. The lowest BCUT2D eigenvalue weighted by molar-refractivity contribution is -0.120. The second-order valence-electron chi connectivity index (χ2n) is 8.18. The van der Waals surface area contributed by atoms with Crippen molar-refractivity contribution in [3.05, 3.63) is 82.4 Å². The standard InChI is InChI=1S/C28H29NO5/c1-4-34-28(31)23-10-9-18(13-26(23)33-3)11-12-29-27(30)16-20-14-21(32-2)17-25-22-8-6-5-7-19(22)15-24(20)25/h5-10,13-14,17H,4,11-12,15-16H2,1-3H3,(H,29,30). The fourth-order valence-corrected chi connectivity index (χ4v) is 4.41. The molecular formula is C28H29NO5. The van der Waals surface area contributed by atoms with Crippen LogP contribution in [0.2, 0.25) is 0 Å². The molecule has 6 nitrogen and oxygen atoms in total. The minimum Gasteiger partial charge on any atom is -0.497 e. The Hall–Kier alpha value is -3.80. The summed E-state index contributed by atoms with van der Waals surface area (Å²) in [6.07, 6.45) is 1.73. The first kappa shape index (κ1) is 23.4. The quantitative estimate of drug-likeness (QED) is 0.377. The van der Waals surface area contributed by atoms with Crippen molar-refractivity contribution in [1.82, 2.24) is 5.32 Å². The van der Waals surface area contributed by atoms with E-state index in [2.05, 4.69) is 23.5 Å². The SMILES string of the molecule is CCOC(=O)c1ccc(CCNC(=O)Cc2cc(OC)cc3c2Cc2ccccc2-3)cc1OC. The Kier molecular flexibility index (Phi) is 7.16. The number of carbonyl (C=O) groups is 2. The molecule has 0 fully saturated rings. The minimum absolute atomic E-state index is 0.0403. The van der Waals surface area contributed by atoms with Gasteiger partial charge in [-0.3, -0.25) is 4.79 Å². The van der Waals surface area contributed by atoms with Crippen LogP contribution in [0.4, 0.5) is 0 Å². The van der Waals surface area contributed by atoms with Crippen LogP contribution in [0.5, 0.6) is 11.5 Å². The third kappa shape index (κ3) is 4.91. The van der Waals surface area contributed by atoms with E-state index in [0.717, 1.165) is 28.9 Å². The van der Waals surface area contributed by atoms with Gasteiger partial charge in [0.15, 0.2) is 0 Å². The van der Waals surface area contributed by atoms with Crippen LogP contribution >= 0.6 is 0 Å². The highest BCUT2D eigenvalue weighted by molar-refractivity contribution is 5.92. The van der Waals surface area contributed by atoms with Crippen molar-refractivity contribution >= 4 is 11.9 Å². The summed E-state index contributed by atoms with van der Waals surface area (Å²) in [6.45, 7) is 2.55. The molecule has 34 heavy (non-hydrogen) atoms. The fourth-order valence-electron chi connectivity index (χ4n) is 4.41. The van der Waals surface area contributed by atoms with Gasteiger partial charge in [0, 0.05) is 6.54 Å². The highest BCUT2D eigenvalue weighted by Crippen LogP contribution is 2.40. The number of ether oxygens (including phenoxy) is 3. The second kappa shape index (κ2) is 10.4. The van der Waals surface area contributed by atoms with E-state index in [0.29, 0.717) is 37.3 Å². The Bertz CT molecular complexity index is 1220. The molecule has 0 aromatic heterocycles. The van der Waals surface area contributed by atoms with E-state index in [4.69, 9.17) is 14.2 Å². The van der Waals surface area contributed by atoms with Crippen molar-refractivity contribution in [2.75, 3.05) is 27.4 Å². The molecule has 4 rings (SSSR count). The van der Waals surface area contributed by atoms with Crippen LogP contribution in [0, 0.1) is 0 Å². The van der Waals surface area contributed by atoms with Gasteiger partial charge in [-0.2, -0.15) is 0 Å². The average Bonchev–Trinajstić information content (AvgIpc) is 3.23. The summed E-state index contributed by atoms with van der Waals surface area (Å²) < 4.78 is 15.9. The molecule has 0 saturated heterocycles. The predicted octanol–water partition coefficient (Wildman–Crippen LogP) is 4.35. The molecule has 0 heterocycles. The molecule has 3 aromatic carbocycles. The zero-order valence-corrected chi connectivity index (χ0v) is 19.8. The smallest absolute Gasteiger partial charge is 0.341 e. The van der Waals surface area contributed by atoms with Crippen LogP contribution in [-0.4, -0.2) is 39.2 Å². The van der Waals surface area contributed by atoms with Gasteiger partial charge in [-0.1, -0.05) is 30.3 Å². The molecule has 0 atom stereocenters. The van der Waals surface area contributed by atoms with Crippen LogP contribution in [0.3, 0.4) is 0 Å². The van der Waals surface area contributed by atoms with Gasteiger partial charge in [-0.25, -0.2) is 4.79 Å². The molecule has 1 amide bonds. The number of rotatable bonds is 9. The summed E-state index contributed by atoms with van der Waals surface area (Å²) in [5, 5.41) is 3.01. The van der Waals surface area contributed by atoms with Gasteiger partial charge in [0.1, 0.15) is 17.1 Å². The number of nitrogens with one attached hydrogen (secondary N) is 1. The molecule has 0 bridgehead atoms.